The van der Waals surface area contributed by atoms with Crippen LogP contribution < -0.4 is 10.6 Å². The molecule has 3 unspecified atom stereocenters. The Morgan fingerprint density at radius 2 is 2.39 bits per heavy atom. The lowest BCUT2D eigenvalue weighted by atomic mass is 9.95. The van der Waals surface area contributed by atoms with Crippen molar-refractivity contribution in [2.75, 3.05) is 33.4 Å². The number of methoxy groups -OCH3 is 1. The Hall–Kier alpha value is -1.21. The number of carbonyl (C=O) groups is 1. The molecule has 2 rings (SSSR count). The molecule has 2 N–H and O–H groups in total. The summed E-state index contributed by atoms with van der Waals surface area (Å²) in [5.41, 5.74) is 0.717. The fraction of sp³-hybridized carbons (Fsp3) is 0.562. The lowest BCUT2D eigenvalue weighted by Gasteiger charge is -2.26. The predicted octanol–water partition coefficient (Wildman–Crippen LogP) is 1.91. The minimum absolute atomic E-state index is 0.0221. The van der Waals surface area contributed by atoms with Crippen LogP contribution in [0.25, 0.3) is 0 Å². The molecule has 1 amide bonds. The highest BCUT2D eigenvalue weighted by Crippen LogP contribution is 2.29. The van der Waals surface area contributed by atoms with Crippen molar-refractivity contribution < 1.29 is 18.7 Å². The normalized spacial score (nSPS) is 23.1. The Bertz CT molecular complexity index is 544. The first-order chi connectivity index (χ1) is 11.0. The SMILES string of the molecule is COC(C)C(=O)NCC1CNCCOC1c1ccc(Cl)c(F)c1. The topological polar surface area (TPSA) is 59.6 Å². The van der Waals surface area contributed by atoms with Crippen LogP contribution in [-0.4, -0.2) is 45.4 Å². The molecule has 1 fully saturated rings. The third-order valence-electron chi connectivity index (χ3n) is 3.94. The fourth-order valence-electron chi connectivity index (χ4n) is 2.51. The third kappa shape index (κ3) is 4.88. The van der Waals surface area contributed by atoms with Gasteiger partial charge in [-0.25, -0.2) is 4.39 Å². The summed E-state index contributed by atoms with van der Waals surface area (Å²) in [7, 11) is 1.49. The molecule has 1 aliphatic heterocycles. The van der Waals surface area contributed by atoms with Crippen molar-refractivity contribution in [3.05, 3.63) is 34.6 Å². The number of ether oxygens (including phenoxy) is 2. The van der Waals surface area contributed by atoms with Gasteiger partial charge >= 0.3 is 0 Å². The van der Waals surface area contributed by atoms with E-state index in [0.717, 1.165) is 5.56 Å². The van der Waals surface area contributed by atoms with Gasteiger partial charge in [-0.05, 0) is 24.6 Å². The average molecular weight is 345 g/mol. The highest BCUT2D eigenvalue weighted by molar-refractivity contribution is 6.30. The number of benzene rings is 1. The molecule has 0 saturated carbocycles. The molecule has 1 aliphatic rings. The largest absolute Gasteiger partial charge is 0.372 e. The summed E-state index contributed by atoms with van der Waals surface area (Å²) < 4.78 is 24.6. The van der Waals surface area contributed by atoms with Crippen LogP contribution >= 0.6 is 11.6 Å². The molecule has 23 heavy (non-hydrogen) atoms. The van der Waals surface area contributed by atoms with E-state index in [1.54, 1.807) is 13.0 Å². The van der Waals surface area contributed by atoms with E-state index in [9.17, 15) is 9.18 Å². The molecule has 0 aromatic heterocycles. The van der Waals surface area contributed by atoms with Gasteiger partial charge in [0.1, 0.15) is 11.9 Å². The molecule has 0 aliphatic carbocycles. The van der Waals surface area contributed by atoms with Gasteiger partial charge in [-0.15, -0.1) is 0 Å². The zero-order chi connectivity index (χ0) is 16.8. The zero-order valence-electron chi connectivity index (χ0n) is 13.3. The Balaban J connectivity index is 2.10. The summed E-state index contributed by atoms with van der Waals surface area (Å²) >= 11 is 5.74. The molecule has 3 atom stereocenters. The van der Waals surface area contributed by atoms with Gasteiger partial charge in [-0.2, -0.15) is 0 Å². The summed E-state index contributed by atoms with van der Waals surface area (Å²) in [5.74, 6) is -0.676. The van der Waals surface area contributed by atoms with Crippen molar-refractivity contribution in [2.24, 2.45) is 5.92 Å². The van der Waals surface area contributed by atoms with Gasteiger partial charge in [0.05, 0.1) is 17.7 Å². The first-order valence-electron chi connectivity index (χ1n) is 7.60. The number of nitrogens with one attached hydrogen (secondary N) is 2. The summed E-state index contributed by atoms with van der Waals surface area (Å²) in [6.07, 6.45) is -0.823. The Kier molecular flexibility index (Phi) is 6.77. The number of amides is 1. The number of hydrogen-bond donors (Lipinski definition) is 2. The second-order valence-corrected chi connectivity index (χ2v) is 5.96. The van der Waals surface area contributed by atoms with E-state index >= 15 is 0 Å². The Labute approximate surface area is 140 Å². The van der Waals surface area contributed by atoms with E-state index in [-0.39, 0.29) is 23.0 Å². The molecule has 7 heteroatoms. The molecular weight excluding hydrogens is 323 g/mol. The number of rotatable bonds is 5. The second-order valence-electron chi connectivity index (χ2n) is 5.55. The predicted molar refractivity (Wildman–Crippen MR) is 85.9 cm³/mol. The molecule has 1 heterocycles. The molecule has 128 valence electrons. The van der Waals surface area contributed by atoms with Crippen molar-refractivity contribution in [1.82, 2.24) is 10.6 Å². The minimum atomic E-state index is -0.513. The van der Waals surface area contributed by atoms with Crippen molar-refractivity contribution >= 4 is 17.5 Å². The van der Waals surface area contributed by atoms with Gasteiger partial charge in [0.2, 0.25) is 5.91 Å². The monoisotopic (exact) mass is 344 g/mol. The average Bonchev–Trinajstić information content (AvgIpc) is 2.79. The van der Waals surface area contributed by atoms with E-state index in [1.165, 1.54) is 19.2 Å². The van der Waals surface area contributed by atoms with Gasteiger partial charge in [0.25, 0.3) is 0 Å². The summed E-state index contributed by atoms with van der Waals surface area (Å²) in [5, 5.41) is 6.20. The highest BCUT2D eigenvalue weighted by atomic mass is 35.5. The van der Waals surface area contributed by atoms with Gasteiger partial charge in [0, 0.05) is 32.7 Å². The van der Waals surface area contributed by atoms with Crippen LogP contribution in [0.5, 0.6) is 0 Å². The van der Waals surface area contributed by atoms with Crippen LogP contribution in [-0.2, 0) is 14.3 Å². The van der Waals surface area contributed by atoms with Crippen molar-refractivity contribution in [1.29, 1.82) is 0 Å². The fourth-order valence-corrected chi connectivity index (χ4v) is 2.63. The van der Waals surface area contributed by atoms with E-state index in [4.69, 9.17) is 21.1 Å². The maximum absolute atomic E-state index is 13.7. The van der Waals surface area contributed by atoms with Crippen molar-refractivity contribution in [2.45, 2.75) is 19.1 Å². The smallest absolute Gasteiger partial charge is 0.248 e. The molecule has 1 aromatic rings. The van der Waals surface area contributed by atoms with Crippen LogP contribution in [0, 0.1) is 11.7 Å². The van der Waals surface area contributed by atoms with Crippen LogP contribution in [0.3, 0.4) is 0 Å². The van der Waals surface area contributed by atoms with E-state index in [1.807, 2.05) is 0 Å². The lowest BCUT2D eigenvalue weighted by molar-refractivity contribution is -0.130. The quantitative estimate of drug-likeness (QED) is 0.856. The van der Waals surface area contributed by atoms with E-state index < -0.39 is 11.9 Å². The third-order valence-corrected chi connectivity index (χ3v) is 4.25. The van der Waals surface area contributed by atoms with Crippen molar-refractivity contribution in [3.63, 3.8) is 0 Å². The molecule has 0 bridgehead atoms. The molecule has 5 nitrogen and oxygen atoms in total. The number of hydrogen-bond acceptors (Lipinski definition) is 4. The Morgan fingerprint density at radius 1 is 1.61 bits per heavy atom. The Morgan fingerprint density at radius 3 is 3.09 bits per heavy atom. The number of carbonyl (C=O) groups excluding carboxylic acids is 1. The summed E-state index contributed by atoms with van der Waals surface area (Å²) in [6.45, 7) is 3.99. The first-order valence-corrected chi connectivity index (χ1v) is 7.98. The minimum Gasteiger partial charge on any atom is -0.372 e. The van der Waals surface area contributed by atoms with Crippen LogP contribution in [0.2, 0.25) is 5.02 Å². The molecular formula is C16H22ClFN2O3. The molecule has 0 radical (unpaired) electrons. The maximum atomic E-state index is 13.7. The van der Waals surface area contributed by atoms with E-state index in [0.29, 0.717) is 26.2 Å². The molecule has 1 aromatic carbocycles. The van der Waals surface area contributed by atoms with Gasteiger partial charge in [-0.3, -0.25) is 4.79 Å². The second kappa shape index (κ2) is 8.59. The van der Waals surface area contributed by atoms with Crippen molar-refractivity contribution in [3.8, 4) is 0 Å². The van der Waals surface area contributed by atoms with Gasteiger partial charge in [0.15, 0.2) is 0 Å². The van der Waals surface area contributed by atoms with Gasteiger partial charge in [-0.1, -0.05) is 17.7 Å². The van der Waals surface area contributed by atoms with Gasteiger partial charge < -0.3 is 20.1 Å². The molecule has 0 spiro atoms. The number of halogens is 2. The van der Waals surface area contributed by atoms with Crippen LogP contribution in [0.4, 0.5) is 4.39 Å². The first kappa shape index (κ1) is 18.1. The lowest BCUT2D eigenvalue weighted by Crippen LogP contribution is -2.40. The van der Waals surface area contributed by atoms with Crippen LogP contribution in [0.1, 0.15) is 18.6 Å². The summed E-state index contributed by atoms with van der Waals surface area (Å²) in [6, 6.07) is 4.68. The maximum Gasteiger partial charge on any atom is 0.248 e. The standard InChI is InChI=1S/C16H22ClFN2O3/c1-10(22-2)16(21)20-9-12-8-19-5-6-23-15(12)11-3-4-13(17)14(18)7-11/h3-4,7,10,12,15,19H,5-6,8-9H2,1-2H3,(H,20,21). The summed E-state index contributed by atoms with van der Waals surface area (Å²) in [4.78, 5) is 11.9. The van der Waals surface area contributed by atoms with Crippen LogP contribution in [0.15, 0.2) is 18.2 Å². The van der Waals surface area contributed by atoms with E-state index in [2.05, 4.69) is 10.6 Å². The molecule has 1 saturated heterocycles. The zero-order valence-corrected chi connectivity index (χ0v) is 14.0. The highest BCUT2D eigenvalue weighted by Gasteiger charge is 2.27.